The van der Waals surface area contributed by atoms with Gasteiger partial charge in [-0.3, -0.25) is 4.99 Å². The van der Waals surface area contributed by atoms with Crippen molar-refractivity contribution < 1.29 is 0 Å². The number of piperazine rings is 1. The summed E-state index contributed by atoms with van der Waals surface area (Å²) in [6.45, 7) is 9.66. The lowest BCUT2D eigenvalue weighted by Gasteiger charge is -2.36. The van der Waals surface area contributed by atoms with Crippen LogP contribution >= 0.6 is 0 Å². The Labute approximate surface area is 162 Å². The van der Waals surface area contributed by atoms with Crippen LogP contribution in [0.2, 0.25) is 0 Å². The number of guanidine groups is 1. The third kappa shape index (κ3) is 5.42. The van der Waals surface area contributed by atoms with Crippen molar-refractivity contribution in [1.29, 1.82) is 0 Å². The van der Waals surface area contributed by atoms with E-state index in [1.165, 1.54) is 11.1 Å². The molecule has 0 unspecified atom stereocenters. The molecular weight excluding hydrogens is 336 g/mol. The Bertz CT molecular complexity index is 705. The van der Waals surface area contributed by atoms with Gasteiger partial charge in [-0.2, -0.15) is 0 Å². The van der Waals surface area contributed by atoms with E-state index in [1.807, 2.05) is 6.07 Å². The maximum atomic E-state index is 4.85. The molecule has 1 aliphatic rings. The van der Waals surface area contributed by atoms with Crippen molar-refractivity contribution in [3.8, 4) is 0 Å². The summed E-state index contributed by atoms with van der Waals surface area (Å²) in [4.78, 5) is 18.1. The van der Waals surface area contributed by atoms with Crippen molar-refractivity contribution in [2.24, 2.45) is 4.99 Å². The zero-order valence-corrected chi connectivity index (χ0v) is 16.4. The molecule has 0 saturated carbocycles. The van der Waals surface area contributed by atoms with E-state index in [0.717, 1.165) is 64.0 Å². The largest absolute Gasteiger partial charge is 0.357 e. The van der Waals surface area contributed by atoms with Crippen molar-refractivity contribution in [3.05, 3.63) is 53.9 Å². The number of aryl methyl sites for hydroxylation is 1. The standard InChI is InChI=1S/C21H30N6/c1-3-18-6-8-19(9-7-18)10-13-25-20(22-4-2)26-14-16-27(17-15-26)21-23-11-5-12-24-21/h5-9,11-12H,3-4,10,13-17H2,1-2H3,(H,22,25). The number of nitrogens with one attached hydrogen (secondary N) is 1. The topological polar surface area (TPSA) is 56.7 Å². The first-order valence-electron chi connectivity index (χ1n) is 9.93. The zero-order chi connectivity index (χ0) is 18.9. The van der Waals surface area contributed by atoms with Crippen LogP contribution in [-0.2, 0) is 12.8 Å². The molecule has 1 N–H and O–H groups in total. The normalized spacial score (nSPS) is 15.1. The third-order valence-electron chi connectivity index (χ3n) is 4.84. The summed E-state index contributed by atoms with van der Waals surface area (Å²) < 4.78 is 0. The van der Waals surface area contributed by atoms with Crippen molar-refractivity contribution in [2.75, 3.05) is 44.2 Å². The molecule has 2 aromatic rings. The van der Waals surface area contributed by atoms with Crippen LogP contribution < -0.4 is 10.2 Å². The van der Waals surface area contributed by atoms with Crippen LogP contribution in [0.25, 0.3) is 0 Å². The highest BCUT2D eigenvalue weighted by atomic mass is 15.4. The zero-order valence-electron chi connectivity index (χ0n) is 16.4. The quantitative estimate of drug-likeness (QED) is 0.628. The van der Waals surface area contributed by atoms with Crippen molar-refractivity contribution in [2.45, 2.75) is 26.7 Å². The molecule has 27 heavy (non-hydrogen) atoms. The van der Waals surface area contributed by atoms with Crippen molar-refractivity contribution in [3.63, 3.8) is 0 Å². The second-order valence-corrected chi connectivity index (χ2v) is 6.68. The van der Waals surface area contributed by atoms with Crippen LogP contribution in [0.15, 0.2) is 47.7 Å². The molecule has 1 aliphatic heterocycles. The van der Waals surface area contributed by atoms with Gasteiger partial charge in [0.2, 0.25) is 5.95 Å². The van der Waals surface area contributed by atoms with E-state index >= 15 is 0 Å². The maximum absolute atomic E-state index is 4.85. The number of hydrogen-bond acceptors (Lipinski definition) is 4. The Balaban J connectivity index is 1.54. The number of benzene rings is 1. The summed E-state index contributed by atoms with van der Waals surface area (Å²) in [6, 6.07) is 10.7. The molecule has 3 rings (SSSR count). The summed E-state index contributed by atoms with van der Waals surface area (Å²) in [5.41, 5.74) is 2.73. The van der Waals surface area contributed by atoms with E-state index in [0.29, 0.717) is 0 Å². The molecule has 0 amide bonds. The van der Waals surface area contributed by atoms with Gasteiger partial charge in [0.05, 0.1) is 0 Å². The molecular formula is C21H30N6. The minimum Gasteiger partial charge on any atom is -0.357 e. The monoisotopic (exact) mass is 366 g/mol. The smallest absolute Gasteiger partial charge is 0.225 e. The summed E-state index contributed by atoms with van der Waals surface area (Å²) in [6.07, 6.45) is 5.65. The maximum Gasteiger partial charge on any atom is 0.225 e. The van der Waals surface area contributed by atoms with Gasteiger partial charge < -0.3 is 15.1 Å². The van der Waals surface area contributed by atoms with Crippen molar-refractivity contribution >= 4 is 11.9 Å². The summed E-state index contributed by atoms with van der Waals surface area (Å²) >= 11 is 0. The fraction of sp³-hybridized carbons (Fsp3) is 0.476. The second kappa shape index (κ2) is 9.90. The summed E-state index contributed by atoms with van der Waals surface area (Å²) in [7, 11) is 0. The van der Waals surface area contributed by atoms with E-state index in [9.17, 15) is 0 Å². The fourth-order valence-corrected chi connectivity index (χ4v) is 3.23. The van der Waals surface area contributed by atoms with Gasteiger partial charge in [-0.1, -0.05) is 31.2 Å². The van der Waals surface area contributed by atoms with E-state index in [4.69, 9.17) is 4.99 Å². The van der Waals surface area contributed by atoms with Crippen molar-refractivity contribution in [1.82, 2.24) is 20.2 Å². The van der Waals surface area contributed by atoms with Crippen LogP contribution in [0.4, 0.5) is 5.95 Å². The van der Waals surface area contributed by atoms with Crippen LogP contribution in [0.1, 0.15) is 25.0 Å². The Morgan fingerprint density at radius 1 is 1.00 bits per heavy atom. The lowest BCUT2D eigenvalue weighted by atomic mass is 10.1. The van der Waals surface area contributed by atoms with Gasteiger partial charge in [0.15, 0.2) is 5.96 Å². The van der Waals surface area contributed by atoms with Crippen LogP contribution in [-0.4, -0.2) is 60.1 Å². The highest BCUT2D eigenvalue weighted by Crippen LogP contribution is 2.10. The molecule has 6 nitrogen and oxygen atoms in total. The van der Waals surface area contributed by atoms with Crippen LogP contribution in [0.5, 0.6) is 0 Å². The minimum absolute atomic E-state index is 0.801. The van der Waals surface area contributed by atoms with Gasteiger partial charge in [0.25, 0.3) is 0 Å². The van der Waals surface area contributed by atoms with Gasteiger partial charge in [-0.05, 0) is 37.0 Å². The van der Waals surface area contributed by atoms with E-state index in [2.05, 4.69) is 63.2 Å². The van der Waals surface area contributed by atoms with E-state index in [1.54, 1.807) is 12.4 Å². The molecule has 1 aromatic carbocycles. The van der Waals surface area contributed by atoms with Crippen LogP contribution in [0.3, 0.4) is 0 Å². The molecule has 0 bridgehead atoms. The van der Waals surface area contributed by atoms with Gasteiger partial charge in [0, 0.05) is 51.7 Å². The van der Waals surface area contributed by atoms with Gasteiger partial charge >= 0.3 is 0 Å². The average molecular weight is 367 g/mol. The fourth-order valence-electron chi connectivity index (χ4n) is 3.23. The first-order valence-corrected chi connectivity index (χ1v) is 9.93. The predicted octanol–water partition coefficient (Wildman–Crippen LogP) is 2.37. The Morgan fingerprint density at radius 2 is 1.67 bits per heavy atom. The molecule has 6 heteroatoms. The Hall–Kier alpha value is -2.63. The first-order chi connectivity index (χ1) is 13.3. The molecule has 144 valence electrons. The number of nitrogens with zero attached hydrogens (tertiary/aromatic N) is 5. The second-order valence-electron chi connectivity index (χ2n) is 6.68. The van der Waals surface area contributed by atoms with Crippen LogP contribution in [0, 0.1) is 0 Å². The molecule has 0 spiro atoms. The van der Waals surface area contributed by atoms with Gasteiger partial charge in [0.1, 0.15) is 0 Å². The van der Waals surface area contributed by atoms with Gasteiger partial charge in [-0.25, -0.2) is 9.97 Å². The highest BCUT2D eigenvalue weighted by Gasteiger charge is 2.20. The number of hydrogen-bond donors (Lipinski definition) is 1. The number of aliphatic imine (C=N–C) groups is 1. The molecule has 2 heterocycles. The number of anilines is 1. The minimum atomic E-state index is 0.801. The molecule has 0 aliphatic carbocycles. The van der Waals surface area contributed by atoms with E-state index < -0.39 is 0 Å². The summed E-state index contributed by atoms with van der Waals surface area (Å²) in [5.74, 6) is 1.82. The lowest BCUT2D eigenvalue weighted by molar-refractivity contribution is 0.370. The predicted molar refractivity (Wildman–Crippen MR) is 111 cm³/mol. The molecule has 0 atom stereocenters. The molecule has 1 saturated heterocycles. The third-order valence-corrected chi connectivity index (χ3v) is 4.84. The van der Waals surface area contributed by atoms with Gasteiger partial charge in [-0.15, -0.1) is 0 Å². The molecule has 0 radical (unpaired) electrons. The SMILES string of the molecule is CCNC(=NCCc1ccc(CC)cc1)N1CCN(c2ncccn2)CC1. The Morgan fingerprint density at radius 3 is 2.30 bits per heavy atom. The first kappa shape index (κ1) is 19.1. The average Bonchev–Trinajstić information content (AvgIpc) is 2.74. The highest BCUT2D eigenvalue weighted by molar-refractivity contribution is 5.80. The lowest BCUT2D eigenvalue weighted by Crippen LogP contribution is -2.53. The Kier molecular flexibility index (Phi) is 7.02. The number of rotatable bonds is 6. The summed E-state index contributed by atoms with van der Waals surface area (Å²) in [5, 5.41) is 3.44. The molecule has 1 aromatic heterocycles. The number of aromatic nitrogens is 2. The van der Waals surface area contributed by atoms with E-state index in [-0.39, 0.29) is 0 Å². The molecule has 1 fully saturated rings.